The third-order valence-electron chi connectivity index (χ3n) is 4.01. The molecule has 2 unspecified atom stereocenters. The van der Waals surface area contributed by atoms with Gasteiger partial charge in [-0.2, -0.15) is 0 Å². The van der Waals surface area contributed by atoms with E-state index in [1.54, 1.807) is 0 Å². The van der Waals surface area contributed by atoms with Crippen molar-refractivity contribution in [2.24, 2.45) is 11.7 Å². The normalized spacial score (nSPS) is 30.6. The fourth-order valence-electron chi connectivity index (χ4n) is 3.01. The molecule has 3 heteroatoms. The second-order valence-corrected chi connectivity index (χ2v) is 6.14. The first kappa shape index (κ1) is 12.3. The topological polar surface area (TPSA) is 29.3 Å². The van der Waals surface area contributed by atoms with Crippen molar-refractivity contribution in [1.82, 2.24) is 4.90 Å². The van der Waals surface area contributed by atoms with Crippen LogP contribution in [-0.2, 0) is 0 Å². The van der Waals surface area contributed by atoms with Gasteiger partial charge in [-0.1, -0.05) is 32.0 Å². The molecule has 2 fully saturated rings. The minimum absolute atomic E-state index is 0.675. The van der Waals surface area contributed by atoms with Gasteiger partial charge in [-0.25, -0.2) is 0 Å². The first-order valence-electron chi connectivity index (χ1n) is 6.71. The van der Waals surface area contributed by atoms with Gasteiger partial charge in [-0.15, -0.1) is 0 Å². The number of hydrogen-bond acceptors (Lipinski definition) is 2. The maximum atomic E-state index is 5.62. The van der Waals surface area contributed by atoms with E-state index in [0.717, 1.165) is 31.0 Å². The highest BCUT2D eigenvalue weighted by Gasteiger charge is 2.35. The van der Waals surface area contributed by atoms with Gasteiger partial charge in [0.15, 0.2) is 0 Å². The number of nitrogens with two attached hydrogens (primary N) is 1. The zero-order chi connectivity index (χ0) is 11.5. The van der Waals surface area contributed by atoms with Crippen LogP contribution in [0.15, 0.2) is 0 Å². The molecule has 2 aliphatic rings. The molecule has 0 radical (unpaired) electrons. The molecule has 0 spiro atoms. The van der Waals surface area contributed by atoms with Crippen LogP contribution in [0, 0.1) is 5.92 Å². The minimum Gasteiger partial charge on any atom is -0.393 e. The molecule has 2 N–H and O–H groups in total. The van der Waals surface area contributed by atoms with E-state index in [-0.39, 0.29) is 0 Å². The van der Waals surface area contributed by atoms with Gasteiger partial charge in [0, 0.05) is 25.0 Å². The number of nitrogens with zero attached hydrogens (tertiary/aromatic N) is 1. The van der Waals surface area contributed by atoms with Crippen LogP contribution in [0.5, 0.6) is 0 Å². The van der Waals surface area contributed by atoms with E-state index < -0.39 is 0 Å². The molecule has 2 aliphatic carbocycles. The van der Waals surface area contributed by atoms with Crippen molar-refractivity contribution < 1.29 is 0 Å². The van der Waals surface area contributed by atoms with Crippen molar-refractivity contribution in [3.05, 3.63) is 0 Å². The third kappa shape index (κ3) is 3.42. The molecule has 2 rings (SSSR count). The predicted molar refractivity (Wildman–Crippen MR) is 72.6 cm³/mol. The van der Waals surface area contributed by atoms with Gasteiger partial charge in [0.05, 0.1) is 4.99 Å². The van der Waals surface area contributed by atoms with Gasteiger partial charge in [0.2, 0.25) is 0 Å². The lowest BCUT2D eigenvalue weighted by Crippen LogP contribution is -2.41. The number of rotatable bonds is 5. The molecule has 16 heavy (non-hydrogen) atoms. The van der Waals surface area contributed by atoms with Gasteiger partial charge < -0.3 is 5.73 Å². The van der Waals surface area contributed by atoms with Crippen molar-refractivity contribution >= 4 is 17.2 Å². The zero-order valence-electron chi connectivity index (χ0n) is 10.3. The molecular formula is C13H24N2S. The molecule has 92 valence electrons. The Morgan fingerprint density at radius 2 is 2.00 bits per heavy atom. The van der Waals surface area contributed by atoms with Crippen molar-refractivity contribution in [3.8, 4) is 0 Å². The highest BCUT2D eigenvalue weighted by molar-refractivity contribution is 7.80. The average molecular weight is 240 g/mol. The SMILES string of the molecule is CC1CCCC(N(CCC(N)=S)C2CC2)C1. The molecule has 0 amide bonds. The van der Waals surface area contributed by atoms with Crippen LogP contribution in [0.4, 0.5) is 0 Å². The molecule has 0 bridgehead atoms. The van der Waals surface area contributed by atoms with Crippen LogP contribution in [0.2, 0.25) is 0 Å². The maximum Gasteiger partial charge on any atom is 0.0740 e. The Bertz CT molecular complexity index is 250. The van der Waals surface area contributed by atoms with E-state index in [1.807, 2.05) is 0 Å². The lowest BCUT2D eigenvalue weighted by Gasteiger charge is -2.36. The van der Waals surface area contributed by atoms with Crippen LogP contribution in [-0.4, -0.2) is 28.5 Å². The second kappa shape index (κ2) is 5.46. The summed E-state index contributed by atoms with van der Waals surface area (Å²) in [6.45, 7) is 3.49. The van der Waals surface area contributed by atoms with E-state index in [0.29, 0.717) is 4.99 Å². The van der Waals surface area contributed by atoms with Crippen LogP contribution >= 0.6 is 12.2 Å². The lowest BCUT2D eigenvalue weighted by molar-refractivity contribution is 0.130. The van der Waals surface area contributed by atoms with Gasteiger partial charge >= 0.3 is 0 Å². The molecule has 0 aromatic heterocycles. The summed E-state index contributed by atoms with van der Waals surface area (Å²) in [6, 6.07) is 1.66. The molecule has 2 nitrogen and oxygen atoms in total. The Morgan fingerprint density at radius 3 is 2.56 bits per heavy atom. The third-order valence-corrected chi connectivity index (χ3v) is 4.21. The van der Waals surface area contributed by atoms with Crippen LogP contribution in [0.1, 0.15) is 51.9 Å². The number of thiocarbonyl (C=S) groups is 1. The second-order valence-electron chi connectivity index (χ2n) is 5.61. The fourth-order valence-corrected chi connectivity index (χ4v) is 3.10. The molecule has 0 aliphatic heterocycles. The summed E-state index contributed by atoms with van der Waals surface area (Å²) >= 11 is 5.00. The Balaban J connectivity index is 1.87. The fraction of sp³-hybridized carbons (Fsp3) is 0.923. The summed E-state index contributed by atoms with van der Waals surface area (Å²) in [5.41, 5.74) is 5.62. The minimum atomic E-state index is 0.675. The quantitative estimate of drug-likeness (QED) is 0.749. The van der Waals surface area contributed by atoms with Gasteiger partial charge in [-0.3, -0.25) is 4.90 Å². The van der Waals surface area contributed by atoms with Gasteiger partial charge in [0.1, 0.15) is 0 Å². The smallest absolute Gasteiger partial charge is 0.0740 e. The monoisotopic (exact) mass is 240 g/mol. The Kier molecular flexibility index (Phi) is 4.20. The highest BCUT2D eigenvalue weighted by Crippen LogP contribution is 2.35. The molecule has 0 aromatic rings. The molecule has 2 atom stereocenters. The largest absolute Gasteiger partial charge is 0.393 e. The van der Waals surface area contributed by atoms with E-state index >= 15 is 0 Å². The summed E-state index contributed by atoms with van der Waals surface area (Å²) in [5, 5.41) is 0. The van der Waals surface area contributed by atoms with Crippen molar-refractivity contribution in [3.63, 3.8) is 0 Å². The number of hydrogen-bond donors (Lipinski definition) is 1. The molecule has 0 saturated heterocycles. The van der Waals surface area contributed by atoms with E-state index in [1.165, 1.54) is 38.5 Å². The van der Waals surface area contributed by atoms with E-state index in [2.05, 4.69) is 11.8 Å². The Hall–Kier alpha value is -0.150. The van der Waals surface area contributed by atoms with Crippen molar-refractivity contribution in [2.75, 3.05) is 6.54 Å². The Morgan fingerprint density at radius 1 is 1.25 bits per heavy atom. The molecular weight excluding hydrogens is 216 g/mol. The summed E-state index contributed by atoms with van der Waals surface area (Å²) in [4.78, 5) is 3.38. The van der Waals surface area contributed by atoms with Crippen molar-refractivity contribution in [1.29, 1.82) is 0 Å². The summed E-state index contributed by atoms with van der Waals surface area (Å²) in [7, 11) is 0. The van der Waals surface area contributed by atoms with Gasteiger partial charge in [-0.05, 0) is 31.6 Å². The summed E-state index contributed by atoms with van der Waals surface area (Å²) in [6.07, 6.45) is 9.28. The molecule has 0 aromatic carbocycles. The first-order valence-corrected chi connectivity index (χ1v) is 7.11. The summed E-state index contributed by atoms with van der Waals surface area (Å²) in [5.74, 6) is 0.907. The van der Waals surface area contributed by atoms with Crippen LogP contribution in [0.25, 0.3) is 0 Å². The van der Waals surface area contributed by atoms with E-state index in [4.69, 9.17) is 18.0 Å². The maximum absolute atomic E-state index is 5.62. The Labute approximate surface area is 105 Å². The predicted octanol–water partition coefficient (Wildman–Crippen LogP) is 2.71. The lowest BCUT2D eigenvalue weighted by atomic mass is 9.86. The summed E-state index contributed by atoms with van der Waals surface area (Å²) < 4.78 is 0. The van der Waals surface area contributed by atoms with Crippen LogP contribution < -0.4 is 5.73 Å². The molecule has 0 heterocycles. The standard InChI is InChI=1S/C13H24N2S/c1-10-3-2-4-12(9-10)15(11-5-6-11)8-7-13(14)16/h10-12H,2-9H2,1H3,(H2,14,16). The highest BCUT2D eigenvalue weighted by atomic mass is 32.1. The van der Waals surface area contributed by atoms with E-state index in [9.17, 15) is 0 Å². The first-order chi connectivity index (χ1) is 7.66. The van der Waals surface area contributed by atoms with Crippen molar-refractivity contribution in [2.45, 2.75) is 64.0 Å². The average Bonchev–Trinajstić information content (AvgIpc) is 3.02. The molecule has 2 saturated carbocycles. The van der Waals surface area contributed by atoms with Crippen LogP contribution in [0.3, 0.4) is 0 Å². The zero-order valence-corrected chi connectivity index (χ0v) is 11.1. The van der Waals surface area contributed by atoms with Gasteiger partial charge in [0.25, 0.3) is 0 Å².